The molecule has 7 heteroatoms. The molecule has 0 saturated carbocycles. The summed E-state index contributed by atoms with van der Waals surface area (Å²) < 4.78 is 26.2. The van der Waals surface area contributed by atoms with E-state index in [1.165, 1.54) is 19.1 Å². The third-order valence-corrected chi connectivity index (χ3v) is 4.21. The van der Waals surface area contributed by atoms with Gasteiger partial charge in [-0.25, -0.2) is 8.42 Å². The van der Waals surface area contributed by atoms with Crippen molar-refractivity contribution in [3.05, 3.63) is 23.8 Å². The van der Waals surface area contributed by atoms with E-state index in [9.17, 15) is 13.2 Å². The minimum Gasteiger partial charge on any atom is -0.480 e. The van der Waals surface area contributed by atoms with Gasteiger partial charge in [0.1, 0.15) is 6.04 Å². The van der Waals surface area contributed by atoms with E-state index in [-0.39, 0.29) is 4.90 Å². The monoisotopic (exact) mass is 286 g/mol. The molecule has 0 amide bonds. The van der Waals surface area contributed by atoms with Gasteiger partial charge in [-0.2, -0.15) is 4.72 Å². The fourth-order valence-corrected chi connectivity index (χ4v) is 2.81. The number of hydrogen-bond donors (Lipinski definition) is 2. The van der Waals surface area contributed by atoms with Crippen LogP contribution in [0, 0.1) is 6.92 Å². The molecule has 0 bridgehead atoms. The summed E-state index contributed by atoms with van der Waals surface area (Å²) in [4.78, 5) is 12.6. The number of carboxylic acid groups (broad SMARTS) is 1. The number of anilines is 1. The first-order valence-corrected chi connectivity index (χ1v) is 7.16. The summed E-state index contributed by atoms with van der Waals surface area (Å²) in [6, 6.07) is 3.50. The fraction of sp³-hybridized carbons (Fsp3) is 0.417. The number of hydrogen-bond acceptors (Lipinski definition) is 4. The first-order chi connectivity index (χ1) is 8.65. The maximum absolute atomic E-state index is 12.0. The third-order valence-electron chi connectivity index (χ3n) is 2.68. The molecular weight excluding hydrogens is 268 g/mol. The lowest BCUT2D eigenvalue weighted by molar-refractivity contribution is -0.138. The zero-order valence-corrected chi connectivity index (χ0v) is 12.2. The highest BCUT2D eigenvalue weighted by atomic mass is 32.2. The maximum atomic E-state index is 12.0. The average molecular weight is 286 g/mol. The first kappa shape index (κ1) is 15.5. The van der Waals surface area contributed by atoms with Crippen LogP contribution >= 0.6 is 0 Å². The van der Waals surface area contributed by atoms with Crippen LogP contribution in [0.4, 0.5) is 5.69 Å². The van der Waals surface area contributed by atoms with Crippen LogP contribution in [0.25, 0.3) is 0 Å². The van der Waals surface area contributed by atoms with E-state index in [1.54, 1.807) is 11.0 Å². The van der Waals surface area contributed by atoms with Gasteiger partial charge in [0.25, 0.3) is 0 Å². The van der Waals surface area contributed by atoms with E-state index in [1.807, 2.05) is 21.0 Å². The smallest absolute Gasteiger partial charge is 0.321 e. The maximum Gasteiger partial charge on any atom is 0.321 e. The summed E-state index contributed by atoms with van der Waals surface area (Å²) in [5.74, 6) is -1.22. The van der Waals surface area contributed by atoms with Gasteiger partial charge in [-0.3, -0.25) is 4.79 Å². The Morgan fingerprint density at radius 1 is 1.37 bits per heavy atom. The van der Waals surface area contributed by atoms with Crippen LogP contribution in [0.2, 0.25) is 0 Å². The zero-order chi connectivity index (χ0) is 14.8. The Balaban J connectivity index is 3.16. The molecule has 106 valence electrons. The molecule has 0 unspecified atom stereocenters. The number of aryl methyl sites for hydroxylation is 1. The topological polar surface area (TPSA) is 86.7 Å². The molecule has 0 fully saturated rings. The predicted molar refractivity (Wildman–Crippen MR) is 72.9 cm³/mol. The van der Waals surface area contributed by atoms with Crippen molar-refractivity contribution in [3.63, 3.8) is 0 Å². The summed E-state index contributed by atoms with van der Waals surface area (Å²) in [6.45, 7) is 3.15. The largest absolute Gasteiger partial charge is 0.480 e. The summed E-state index contributed by atoms with van der Waals surface area (Å²) in [5, 5.41) is 8.74. The van der Waals surface area contributed by atoms with Gasteiger partial charge in [-0.05, 0) is 31.5 Å². The lowest BCUT2D eigenvalue weighted by Gasteiger charge is -2.17. The highest BCUT2D eigenvalue weighted by Crippen LogP contribution is 2.22. The van der Waals surface area contributed by atoms with Crippen LogP contribution in [-0.2, 0) is 14.8 Å². The molecule has 0 aliphatic rings. The second-order valence-electron chi connectivity index (χ2n) is 4.52. The second-order valence-corrected chi connectivity index (χ2v) is 6.24. The number of nitrogens with one attached hydrogen (secondary N) is 1. The third kappa shape index (κ3) is 3.68. The second kappa shape index (κ2) is 5.58. The molecule has 1 aromatic rings. The number of sulfonamides is 1. The molecule has 2 N–H and O–H groups in total. The molecule has 0 aliphatic heterocycles. The van der Waals surface area contributed by atoms with Crippen molar-refractivity contribution in [2.75, 3.05) is 19.0 Å². The minimum absolute atomic E-state index is 0.0508. The van der Waals surface area contributed by atoms with Gasteiger partial charge in [-0.1, -0.05) is 6.07 Å². The van der Waals surface area contributed by atoms with E-state index in [0.717, 1.165) is 11.3 Å². The number of aliphatic carboxylic acids is 1. The van der Waals surface area contributed by atoms with E-state index in [0.29, 0.717) is 0 Å². The molecule has 0 aliphatic carbocycles. The van der Waals surface area contributed by atoms with Crippen LogP contribution in [0.1, 0.15) is 12.5 Å². The molecule has 0 radical (unpaired) electrons. The Kier molecular flexibility index (Phi) is 4.54. The lowest BCUT2D eigenvalue weighted by Crippen LogP contribution is -2.38. The van der Waals surface area contributed by atoms with Crippen LogP contribution in [-0.4, -0.2) is 39.6 Å². The normalized spacial score (nSPS) is 13.1. The summed E-state index contributed by atoms with van der Waals surface area (Å²) in [7, 11) is -0.212. The van der Waals surface area contributed by atoms with E-state index in [2.05, 4.69) is 4.72 Å². The predicted octanol–water partition coefficient (Wildman–Crippen LogP) is 0.812. The quantitative estimate of drug-likeness (QED) is 0.836. The average Bonchev–Trinajstić information content (AvgIpc) is 2.27. The van der Waals surface area contributed by atoms with Crippen LogP contribution < -0.4 is 9.62 Å². The fourth-order valence-electron chi connectivity index (χ4n) is 1.59. The summed E-state index contributed by atoms with van der Waals surface area (Å²) in [5.41, 5.74) is 1.71. The lowest BCUT2D eigenvalue weighted by atomic mass is 10.2. The Labute approximate surface area is 113 Å². The summed E-state index contributed by atoms with van der Waals surface area (Å²) >= 11 is 0. The molecule has 1 atom stereocenters. The Morgan fingerprint density at radius 3 is 2.42 bits per heavy atom. The SMILES string of the molecule is Cc1ccc(S(=O)(=O)N[C@@H](C)C(=O)O)cc1N(C)C. The number of nitrogens with zero attached hydrogens (tertiary/aromatic N) is 1. The van der Waals surface area contributed by atoms with Crippen LogP contribution in [0.3, 0.4) is 0 Å². The van der Waals surface area contributed by atoms with Crippen molar-refractivity contribution >= 4 is 21.7 Å². The minimum atomic E-state index is -3.83. The zero-order valence-electron chi connectivity index (χ0n) is 11.3. The molecule has 19 heavy (non-hydrogen) atoms. The molecule has 0 heterocycles. The Hall–Kier alpha value is -1.60. The van der Waals surface area contributed by atoms with Crippen LogP contribution in [0.15, 0.2) is 23.1 Å². The number of benzene rings is 1. The van der Waals surface area contributed by atoms with Gasteiger partial charge < -0.3 is 10.0 Å². The molecule has 0 spiro atoms. The Bertz CT molecular complexity index is 581. The van der Waals surface area contributed by atoms with E-state index in [4.69, 9.17) is 5.11 Å². The first-order valence-electron chi connectivity index (χ1n) is 5.68. The van der Waals surface area contributed by atoms with Crippen molar-refractivity contribution in [1.29, 1.82) is 0 Å². The van der Waals surface area contributed by atoms with Gasteiger partial charge in [0.15, 0.2) is 0 Å². The van der Waals surface area contributed by atoms with E-state index < -0.39 is 22.0 Å². The molecule has 1 aromatic carbocycles. The van der Waals surface area contributed by atoms with Crippen molar-refractivity contribution in [2.24, 2.45) is 0 Å². The van der Waals surface area contributed by atoms with Gasteiger partial charge in [0.2, 0.25) is 10.0 Å². The standard InChI is InChI=1S/C12H18N2O4S/c1-8-5-6-10(7-11(8)14(3)4)19(17,18)13-9(2)12(15)16/h5-7,9,13H,1-4H3,(H,15,16)/t9-/m0/s1. The number of carboxylic acids is 1. The molecule has 0 aromatic heterocycles. The number of rotatable bonds is 5. The van der Waals surface area contributed by atoms with E-state index >= 15 is 0 Å². The van der Waals surface area contributed by atoms with Crippen molar-refractivity contribution in [1.82, 2.24) is 4.72 Å². The van der Waals surface area contributed by atoms with Crippen molar-refractivity contribution < 1.29 is 18.3 Å². The summed E-state index contributed by atoms with van der Waals surface area (Å²) in [6.07, 6.45) is 0. The molecule has 6 nitrogen and oxygen atoms in total. The van der Waals surface area contributed by atoms with Crippen LogP contribution in [0.5, 0.6) is 0 Å². The Morgan fingerprint density at radius 2 is 1.95 bits per heavy atom. The number of carbonyl (C=O) groups is 1. The van der Waals surface area contributed by atoms with Gasteiger partial charge in [0.05, 0.1) is 4.90 Å². The molecular formula is C12H18N2O4S. The van der Waals surface area contributed by atoms with Gasteiger partial charge in [0, 0.05) is 19.8 Å². The van der Waals surface area contributed by atoms with Gasteiger partial charge in [-0.15, -0.1) is 0 Å². The van der Waals surface area contributed by atoms with Gasteiger partial charge >= 0.3 is 5.97 Å². The molecule has 1 rings (SSSR count). The highest BCUT2D eigenvalue weighted by molar-refractivity contribution is 7.89. The highest BCUT2D eigenvalue weighted by Gasteiger charge is 2.22. The van der Waals surface area contributed by atoms with Crippen molar-refractivity contribution in [2.45, 2.75) is 24.8 Å². The van der Waals surface area contributed by atoms with Crippen molar-refractivity contribution in [3.8, 4) is 0 Å². The molecule has 0 saturated heterocycles.